The Labute approximate surface area is 163 Å². The predicted molar refractivity (Wildman–Crippen MR) is 101 cm³/mol. The van der Waals surface area contributed by atoms with Crippen molar-refractivity contribution in [3.63, 3.8) is 0 Å². The molecule has 2 N–H and O–H groups in total. The Hall–Kier alpha value is -2.64. The second-order valence-corrected chi connectivity index (χ2v) is 8.41. The van der Waals surface area contributed by atoms with Crippen LogP contribution in [0, 0.1) is 5.82 Å². The first-order valence-electron chi connectivity index (χ1n) is 9.48. The molecule has 0 bridgehead atoms. The van der Waals surface area contributed by atoms with Gasteiger partial charge in [-0.1, -0.05) is 12.8 Å². The number of urea groups is 1. The summed E-state index contributed by atoms with van der Waals surface area (Å²) < 4.78 is 19.4. The molecule has 28 heavy (non-hydrogen) atoms. The number of ether oxygens (including phenoxy) is 1. The molecule has 152 valence electrons. The Bertz CT molecular complexity index is 812. The van der Waals surface area contributed by atoms with Crippen LogP contribution in [-0.4, -0.2) is 39.9 Å². The highest BCUT2D eigenvalue weighted by Gasteiger charge is 2.54. The van der Waals surface area contributed by atoms with E-state index in [-0.39, 0.29) is 17.3 Å². The highest BCUT2D eigenvalue weighted by atomic mass is 19.1. The molecule has 1 saturated carbocycles. The number of hydrogen-bond donors (Lipinski definition) is 2. The lowest BCUT2D eigenvalue weighted by molar-refractivity contribution is -0.136. The number of carbonyl (C=O) groups excluding carboxylic acids is 3. The van der Waals surface area contributed by atoms with Gasteiger partial charge in [-0.05, 0) is 52.7 Å². The summed E-state index contributed by atoms with van der Waals surface area (Å²) in [6, 6.07) is 2.22. The van der Waals surface area contributed by atoms with E-state index in [0.717, 1.165) is 17.7 Å². The Kier molecular flexibility index (Phi) is 5.08. The molecule has 1 heterocycles. The van der Waals surface area contributed by atoms with Crippen LogP contribution in [0.15, 0.2) is 18.2 Å². The lowest BCUT2D eigenvalue weighted by atomic mass is 9.97. The third kappa shape index (κ3) is 3.81. The first-order chi connectivity index (χ1) is 13.0. The molecular formula is C20H26FN3O4. The van der Waals surface area contributed by atoms with Gasteiger partial charge in [-0.25, -0.2) is 14.1 Å². The van der Waals surface area contributed by atoms with Gasteiger partial charge in [0, 0.05) is 6.07 Å². The van der Waals surface area contributed by atoms with E-state index < -0.39 is 34.9 Å². The fraction of sp³-hybridized carbons (Fsp3) is 0.550. The molecule has 0 aromatic heterocycles. The Morgan fingerprint density at radius 2 is 1.93 bits per heavy atom. The summed E-state index contributed by atoms with van der Waals surface area (Å²) in [5.41, 5.74) is -1.20. The van der Waals surface area contributed by atoms with E-state index in [0.29, 0.717) is 12.8 Å². The molecule has 2 fully saturated rings. The quantitative estimate of drug-likeness (QED) is 0.772. The van der Waals surface area contributed by atoms with Crippen molar-refractivity contribution in [2.75, 3.05) is 5.32 Å². The number of nitrogens with zero attached hydrogens (tertiary/aromatic N) is 1. The molecular weight excluding hydrogens is 365 g/mol. The highest BCUT2D eigenvalue weighted by Crippen LogP contribution is 2.36. The minimum atomic E-state index is -1.01. The van der Waals surface area contributed by atoms with Crippen molar-refractivity contribution in [2.45, 2.75) is 70.6 Å². The molecule has 1 saturated heterocycles. The number of anilines is 1. The molecule has 1 aromatic carbocycles. The van der Waals surface area contributed by atoms with Crippen LogP contribution < -0.4 is 15.4 Å². The van der Waals surface area contributed by atoms with Crippen molar-refractivity contribution in [3.8, 4) is 5.75 Å². The summed E-state index contributed by atoms with van der Waals surface area (Å²) in [5, 5.41) is 5.41. The fourth-order valence-corrected chi connectivity index (χ4v) is 3.68. The second-order valence-electron chi connectivity index (χ2n) is 8.41. The molecule has 7 nitrogen and oxygen atoms in total. The third-order valence-electron chi connectivity index (χ3n) is 5.03. The number of benzene rings is 1. The average molecular weight is 391 g/mol. The largest absolute Gasteiger partial charge is 0.486 e. The monoisotopic (exact) mass is 391 g/mol. The van der Waals surface area contributed by atoms with Gasteiger partial charge >= 0.3 is 6.03 Å². The second kappa shape index (κ2) is 7.07. The topological polar surface area (TPSA) is 87.7 Å². The van der Waals surface area contributed by atoms with Crippen LogP contribution in [0.2, 0.25) is 0 Å². The molecule has 4 amide bonds. The number of carbonyl (C=O) groups is 3. The first kappa shape index (κ1) is 20.1. The molecule has 1 unspecified atom stereocenters. The number of halogens is 1. The fourth-order valence-electron chi connectivity index (χ4n) is 3.68. The van der Waals surface area contributed by atoms with E-state index >= 15 is 0 Å². The van der Waals surface area contributed by atoms with Gasteiger partial charge in [0.2, 0.25) is 5.91 Å². The van der Waals surface area contributed by atoms with Gasteiger partial charge in [-0.3, -0.25) is 9.59 Å². The number of amides is 4. The molecule has 0 radical (unpaired) electrons. The van der Waals surface area contributed by atoms with E-state index in [9.17, 15) is 18.8 Å². The maximum Gasteiger partial charge on any atom is 0.325 e. The smallest absolute Gasteiger partial charge is 0.325 e. The third-order valence-corrected chi connectivity index (χ3v) is 5.03. The number of hydrogen-bond acceptors (Lipinski definition) is 4. The molecule has 2 aliphatic rings. The molecule has 1 aliphatic heterocycles. The van der Waals surface area contributed by atoms with Gasteiger partial charge in [0.05, 0.1) is 5.69 Å². The van der Waals surface area contributed by atoms with Crippen molar-refractivity contribution in [2.24, 2.45) is 0 Å². The molecule has 3 rings (SSSR count). The normalized spacial score (nSPS) is 19.7. The van der Waals surface area contributed by atoms with Crippen molar-refractivity contribution in [1.29, 1.82) is 0 Å². The summed E-state index contributed by atoms with van der Waals surface area (Å²) in [5.74, 6) is -1.23. The van der Waals surface area contributed by atoms with Crippen molar-refractivity contribution < 1.29 is 23.5 Å². The summed E-state index contributed by atoms with van der Waals surface area (Å²) in [6.07, 6.45) is 2.90. The summed E-state index contributed by atoms with van der Waals surface area (Å²) in [4.78, 5) is 39.0. The minimum absolute atomic E-state index is 0.178. The number of nitrogens with one attached hydrogen (secondary N) is 2. The Morgan fingerprint density at radius 1 is 1.29 bits per heavy atom. The van der Waals surface area contributed by atoms with E-state index in [1.54, 1.807) is 20.8 Å². The molecule has 8 heteroatoms. The highest BCUT2D eigenvalue weighted by molar-refractivity contribution is 6.11. The van der Waals surface area contributed by atoms with Gasteiger partial charge in [0.15, 0.2) is 0 Å². The van der Waals surface area contributed by atoms with Gasteiger partial charge < -0.3 is 15.4 Å². The van der Waals surface area contributed by atoms with Gasteiger partial charge in [-0.15, -0.1) is 0 Å². The van der Waals surface area contributed by atoms with E-state index in [1.165, 1.54) is 25.1 Å². The summed E-state index contributed by atoms with van der Waals surface area (Å²) in [7, 11) is 0. The molecule has 1 aliphatic carbocycles. The van der Waals surface area contributed by atoms with Crippen molar-refractivity contribution >= 4 is 23.5 Å². The molecule has 1 atom stereocenters. The van der Waals surface area contributed by atoms with E-state index in [4.69, 9.17) is 4.74 Å². The molecule has 1 aromatic rings. The van der Waals surface area contributed by atoms with Crippen molar-refractivity contribution in [3.05, 3.63) is 24.0 Å². The van der Waals surface area contributed by atoms with Crippen LogP contribution in [0.25, 0.3) is 0 Å². The predicted octanol–water partition coefficient (Wildman–Crippen LogP) is 3.19. The van der Waals surface area contributed by atoms with Gasteiger partial charge in [0.25, 0.3) is 5.91 Å². The lowest BCUT2D eigenvalue weighted by Gasteiger charge is -2.25. The first-order valence-corrected chi connectivity index (χ1v) is 9.48. The zero-order valence-electron chi connectivity index (χ0n) is 16.6. The van der Waals surface area contributed by atoms with Crippen LogP contribution in [0.5, 0.6) is 5.75 Å². The minimum Gasteiger partial charge on any atom is -0.486 e. The van der Waals surface area contributed by atoms with E-state index in [2.05, 4.69) is 10.6 Å². The van der Waals surface area contributed by atoms with Crippen molar-refractivity contribution in [1.82, 2.24) is 10.2 Å². The van der Waals surface area contributed by atoms with Gasteiger partial charge in [-0.2, -0.15) is 0 Å². The Morgan fingerprint density at radius 3 is 2.54 bits per heavy atom. The lowest BCUT2D eigenvalue weighted by Crippen LogP contribution is -2.48. The SMILES string of the molecule is CC(C(=O)Nc1ccc(F)cc1OC(C)(C)C)N1C(=O)NC2(CCCC2)C1=O. The standard InChI is InChI=1S/C20H26FN3O4/c1-12(24-17(26)20(23-18(24)27)9-5-6-10-20)16(25)22-14-8-7-13(21)11-15(14)28-19(2,3)4/h7-8,11-12H,5-6,9-10H2,1-4H3,(H,22,25)(H,23,27). The van der Waals surface area contributed by atoms with Crippen LogP contribution in [-0.2, 0) is 9.59 Å². The van der Waals surface area contributed by atoms with Gasteiger partial charge in [0.1, 0.15) is 28.7 Å². The van der Waals surface area contributed by atoms with Crippen LogP contribution in [0.4, 0.5) is 14.9 Å². The summed E-state index contributed by atoms with van der Waals surface area (Å²) >= 11 is 0. The van der Waals surface area contributed by atoms with Crippen LogP contribution >= 0.6 is 0 Å². The van der Waals surface area contributed by atoms with E-state index in [1.807, 2.05) is 0 Å². The number of imide groups is 1. The molecule has 1 spiro atoms. The zero-order chi connectivity index (χ0) is 20.7. The Balaban J connectivity index is 1.78. The summed E-state index contributed by atoms with van der Waals surface area (Å²) in [6.45, 7) is 6.91. The maximum atomic E-state index is 13.6. The average Bonchev–Trinajstić information content (AvgIpc) is 3.14. The number of rotatable bonds is 4. The maximum absolute atomic E-state index is 13.6. The van der Waals surface area contributed by atoms with Crippen LogP contribution in [0.1, 0.15) is 53.4 Å². The zero-order valence-corrected chi connectivity index (χ0v) is 16.6. The van der Waals surface area contributed by atoms with Crippen LogP contribution in [0.3, 0.4) is 0 Å².